The fourth-order valence-electron chi connectivity index (χ4n) is 3.20. The first-order valence-electron chi connectivity index (χ1n) is 9.17. The van der Waals surface area contributed by atoms with Gasteiger partial charge < -0.3 is 9.64 Å². The lowest BCUT2D eigenvalue weighted by molar-refractivity contribution is -0.132. The lowest BCUT2D eigenvalue weighted by atomic mass is 10.0. The third-order valence-corrected chi connectivity index (χ3v) is 7.11. The Kier molecular flexibility index (Phi) is 5.85. The normalized spacial score (nSPS) is 17.3. The van der Waals surface area contributed by atoms with Gasteiger partial charge in [-0.1, -0.05) is 44.2 Å². The first-order chi connectivity index (χ1) is 12.9. The molecule has 2 aromatic carbocycles. The Bertz CT molecular complexity index is 876. The molecule has 1 amide bonds. The van der Waals surface area contributed by atoms with E-state index in [0.717, 1.165) is 0 Å². The zero-order chi connectivity index (χ0) is 19.4. The van der Waals surface area contributed by atoms with Crippen molar-refractivity contribution < 1.29 is 17.9 Å². The van der Waals surface area contributed by atoms with Crippen molar-refractivity contribution in [3.8, 4) is 5.75 Å². The summed E-state index contributed by atoms with van der Waals surface area (Å²) in [6.07, 6.45) is 0.450. The van der Waals surface area contributed by atoms with Crippen LogP contribution in [0.3, 0.4) is 0 Å². The van der Waals surface area contributed by atoms with E-state index < -0.39 is 15.1 Å². The number of carbonyl (C=O) groups is 1. The molecule has 1 aliphatic rings. The van der Waals surface area contributed by atoms with Crippen LogP contribution >= 0.6 is 0 Å². The van der Waals surface area contributed by atoms with Gasteiger partial charge >= 0.3 is 0 Å². The maximum atomic E-state index is 12.7. The number of amides is 1. The molecule has 0 N–H and O–H groups in total. The SMILES string of the molecule is CC(C)c1ccc(OCC(=O)N2CCC(S(=O)(=O)c3ccccc3)C2)cc1. The molecule has 0 aliphatic carbocycles. The predicted molar refractivity (Wildman–Crippen MR) is 105 cm³/mol. The van der Waals surface area contributed by atoms with Crippen LogP contribution in [0.15, 0.2) is 59.5 Å². The standard InChI is InChI=1S/C21H25NO4S/c1-16(2)17-8-10-18(11-9-17)26-15-21(23)22-13-12-20(14-22)27(24,25)19-6-4-3-5-7-19/h3-11,16,20H,12-15H2,1-2H3. The smallest absolute Gasteiger partial charge is 0.260 e. The average molecular weight is 388 g/mol. The van der Waals surface area contributed by atoms with E-state index in [4.69, 9.17) is 4.74 Å². The molecule has 27 heavy (non-hydrogen) atoms. The van der Waals surface area contributed by atoms with Gasteiger partial charge in [-0.25, -0.2) is 8.42 Å². The van der Waals surface area contributed by atoms with Crippen LogP contribution in [0, 0.1) is 0 Å². The van der Waals surface area contributed by atoms with E-state index in [1.807, 2.05) is 24.3 Å². The summed E-state index contributed by atoms with van der Waals surface area (Å²) in [5, 5.41) is -0.561. The topological polar surface area (TPSA) is 63.7 Å². The summed E-state index contributed by atoms with van der Waals surface area (Å²) in [5.41, 5.74) is 1.21. The van der Waals surface area contributed by atoms with E-state index in [9.17, 15) is 13.2 Å². The maximum absolute atomic E-state index is 12.7. The molecule has 0 bridgehead atoms. The Labute approximate surface area is 160 Å². The fraction of sp³-hybridized carbons (Fsp3) is 0.381. The monoisotopic (exact) mass is 387 g/mol. The van der Waals surface area contributed by atoms with Gasteiger partial charge in [0.1, 0.15) is 5.75 Å². The highest BCUT2D eigenvalue weighted by molar-refractivity contribution is 7.92. The second-order valence-corrected chi connectivity index (χ2v) is 9.35. The van der Waals surface area contributed by atoms with Gasteiger partial charge in [-0.05, 0) is 42.2 Å². The number of carbonyl (C=O) groups excluding carboxylic acids is 1. The third kappa shape index (κ3) is 4.50. The quantitative estimate of drug-likeness (QED) is 0.763. The van der Waals surface area contributed by atoms with E-state index in [1.165, 1.54) is 5.56 Å². The summed E-state index contributed by atoms with van der Waals surface area (Å²) in [6.45, 7) is 4.80. The molecular formula is C21H25NO4S. The van der Waals surface area contributed by atoms with Crippen molar-refractivity contribution in [3.05, 3.63) is 60.2 Å². The summed E-state index contributed by atoms with van der Waals surface area (Å²) < 4.78 is 31.0. The van der Waals surface area contributed by atoms with Crippen LogP contribution in [0.5, 0.6) is 5.75 Å². The third-order valence-electron chi connectivity index (χ3n) is 4.92. The first kappa shape index (κ1) is 19.4. The summed E-state index contributed by atoms with van der Waals surface area (Å²) >= 11 is 0. The van der Waals surface area contributed by atoms with E-state index >= 15 is 0 Å². The highest BCUT2D eigenvalue weighted by Gasteiger charge is 2.36. The van der Waals surface area contributed by atoms with Crippen LogP contribution in [0.2, 0.25) is 0 Å². The van der Waals surface area contributed by atoms with Crippen molar-refractivity contribution in [2.75, 3.05) is 19.7 Å². The molecule has 0 spiro atoms. The van der Waals surface area contributed by atoms with Gasteiger partial charge in [-0.3, -0.25) is 4.79 Å². The molecule has 2 aromatic rings. The molecule has 1 unspecified atom stereocenters. The van der Waals surface area contributed by atoms with Gasteiger partial charge in [0.15, 0.2) is 16.4 Å². The van der Waals surface area contributed by atoms with Crippen molar-refractivity contribution in [3.63, 3.8) is 0 Å². The molecular weight excluding hydrogens is 362 g/mol. The summed E-state index contributed by atoms with van der Waals surface area (Å²) in [6, 6.07) is 16.1. The Morgan fingerprint density at radius 3 is 2.41 bits per heavy atom. The molecule has 144 valence electrons. The number of benzene rings is 2. The summed E-state index contributed by atoms with van der Waals surface area (Å²) in [5.74, 6) is 0.892. The van der Waals surface area contributed by atoms with E-state index in [1.54, 1.807) is 35.2 Å². The Balaban J connectivity index is 1.56. The molecule has 0 radical (unpaired) electrons. The van der Waals surface area contributed by atoms with Gasteiger partial charge in [0, 0.05) is 13.1 Å². The predicted octanol–water partition coefficient (Wildman–Crippen LogP) is 3.26. The fourth-order valence-corrected chi connectivity index (χ4v) is 4.91. The van der Waals surface area contributed by atoms with Crippen molar-refractivity contribution in [1.82, 2.24) is 4.90 Å². The van der Waals surface area contributed by atoms with Gasteiger partial charge in [0.05, 0.1) is 10.1 Å². The van der Waals surface area contributed by atoms with E-state index in [0.29, 0.717) is 29.5 Å². The second kappa shape index (κ2) is 8.13. The van der Waals surface area contributed by atoms with Crippen molar-refractivity contribution >= 4 is 15.7 Å². The summed E-state index contributed by atoms with van der Waals surface area (Å²) in [4.78, 5) is 14.3. The lowest BCUT2D eigenvalue weighted by Gasteiger charge is -2.17. The zero-order valence-electron chi connectivity index (χ0n) is 15.7. The Morgan fingerprint density at radius 2 is 1.78 bits per heavy atom. The molecule has 6 heteroatoms. The van der Waals surface area contributed by atoms with Gasteiger partial charge in [-0.15, -0.1) is 0 Å². The minimum Gasteiger partial charge on any atom is -0.484 e. The highest BCUT2D eigenvalue weighted by atomic mass is 32.2. The molecule has 5 nitrogen and oxygen atoms in total. The zero-order valence-corrected chi connectivity index (χ0v) is 16.5. The second-order valence-electron chi connectivity index (χ2n) is 7.12. The number of ether oxygens (including phenoxy) is 1. The van der Waals surface area contributed by atoms with Gasteiger partial charge in [0.25, 0.3) is 5.91 Å². The molecule has 0 aromatic heterocycles. The molecule has 1 saturated heterocycles. The summed E-state index contributed by atoms with van der Waals surface area (Å²) in [7, 11) is -3.42. The van der Waals surface area contributed by atoms with Crippen LogP contribution in [-0.4, -0.2) is 44.2 Å². The largest absolute Gasteiger partial charge is 0.484 e. The van der Waals surface area contributed by atoms with Crippen LogP contribution in [0.25, 0.3) is 0 Å². The molecule has 0 saturated carbocycles. The van der Waals surface area contributed by atoms with E-state index in [-0.39, 0.29) is 19.1 Å². The molecule has 1 fully saturated rings. The van der Waals surface area contributed by atoms with Crippen molar-refractivity contribution in [1.29, 1.82) is 0 Å². The highest BCUT2D eigenvalue weighted by Crippen LogP contribution is 2.24. The molecule has 1 aliphatic heterocycles. The lowest BCUT2D eigenvalue weighted by Crippen LogP contribution is -2.35. The van der Waals surface area contributed by atoms with Gasteiger partial charge in [0.2, 0.25) is 0 Å². The van der Waals surface area contributed by atoms with Gasteiger partial charge in [-0.2, -0.15) is 0 Å². The van der Waals surface area contributed by atoms with E-state index in [2.05, 4.69) is 13.8 Å². The average Bonchev–Trinajstić information content (AvgIpc) is 3.18. The van der Waals surface area contributed by atoms with Crippen molar-refractivity contribution in [2.45, 2.75) is 36.3 Å². The number of rotatable bonds is 6. The van der Waals surface area contributed by atoms with Crippen LogP contribution in [0.1, 0.15) is 31.7 Å². The molecule has 1 heterocycles. The number of hydrogen-bond donors (Lipinski definition) is 0. The molecule has 1 atom stereocenters. The first-order valence-corrected chi connectivity index (χ1v) is 10.7. The van der Waals surface area contributed by atoms with Crippen molar-refractivity contribution in [2.24, 2.45) is 0 Å². The number of likely N-dealkylation sites (tertiary alicyclic amines) is 1. The minimum atomic E-state index is -3.42. The van der Waals surface area contributed by atoms with Crippen LogP contribution in [-0.2, 0) is 14.6 Å². The Hall–Kier alpha value is -2.34. The Morgan fingerprint density at radius 1 is 1.11 bits per heavy atom. The van der Waals surface area contributed by atoms with Crippen LogP contribution in [0.4, 0.5) is 0 Å². The maximum Gasteiger partial charge on any atom is 0.260 e. The number of nitrogens with zero attached hydrogens (tertiary/aromatic N) is 1. The minimum absolute atomic E-state index is 0.0842. The van der Waals surface area contributed by atoms with Crippen LogP contribution < -0.4 is 4.74 Å². The number of hydrogen-bond acceptors (Lipinski definition) is 4. The molecule has 3 rings (SSSR count). The number of sulfone groups is 1.